The van der Waals surface area contributed by atoms with Gasteiger partial charge in [0.2, 0.25) is 5.56 Å². The van der Waals surface area contributed by atoms with E-state index in [9.17, 15) is 4.79 Å². The first kappa shape index (κ1) is 16.3. The Balaban J connectivity index is 0.000000815. The molecule has 1 fully saturated rings. The van der Waals surface area contributed by atoms with Crippen LogP contribution in [0.5, 0.6) is 5.75 Å². The lowest BCUT2D eigenvalue weighted by Gasteiger charge is -2.11. The number of fused-ring (bicyclic) bond motifs is 1. The Kier molecular flexibility index (Phi) is 4.96. The van der Waals surface area contributed by atoms with Gasteiger partial charge in [-0.2, -0.15) is 0 Å². The Labute approximate surface area is 141 Å². The second-order valence-electron chi connectivity index (χ2n) is 5.36. The molecule has 0 aliphatic carbocycles. The van der Waals surface area contributed by atoms with Gasteiger partial charge in [0.25, 0.3) is 0 Å². The van der Waals surface area contributed by atoms with Crippen molar-refractivity contribution >= 4 is 10.9 Å². The van der Waals surface area contributed by atoms with Crippen LogP contribution in [0.1, 0.15) is 31.1 Å². The van der Waals surface area contributed by atoms with Crippen LogP contribution in [-0.4, -0.2) is 11.6 Å². The van der Waals surface area contributed by atoms with E-state index in [4.69, 9.17) is 9.47 Å². The second kappa shape index (κ2) is 7.32. The molecule has 1 unspecified atom stereocenters. The smallest absolute Gasteiger partial charge is 0.248 e. The van der Waals surface area contributed by atoms with Gasteiger partial charge in [-0.15, -0.1) is 0 Å². The standard InChI is InChI=1S/C18H15NO3.C2H6/c20-17-9-7-14-13(16-11-22-16)6-8-15(18(14)19-17)21-10-12-4-2-1-3-5-12;1-2/h1-9,16H,10-11H2,(H,19,20);1-2H3. The van der Waals surface area contributed by atoms with Crippen molar-refractivity contribution in [2.24, 2.45) is 0 Å². The minimum absolute atomic E-state index is 0.133. The molecular formula is C20H21NO3. The van der Waals surface area contributed by atoms with Gasteiger partial charge in [-0.3, -0.25) is 4.79 Å². The number of ether oxygens (including phenoxy) is 2. The van der Waals surface area contributed by atoms with Crippen molar-refractivity contribution in [2.45, 2.75) is 26.6 Å². The van der Waals surface area contributed by atoms with Crippen molar-refractivity contribution in [3.63, 3.8) is 0 Å². The van der Waals surface area contributed by atoms with Crippen molar-refractivity contribution in [2.75, 3.05) is 6.61 Å². The Bertz CT molecular complexity index is 867. The molecule has 1 N–H and O–H groups in total. The predicted octanol–water partition coefficient (Wildman–Crippen LogP) is 4.20. The maximum Gasteiger partial charge on any atom is 0.248 e. The summed E-state index contributed by atoms with van der Waals surface area (Å²) in [6.45, 7) is 5.20. The van der Waals surface area contributed by atoms with E-state index in [1.807, 2.05) is 62.4 Å². The van der Waals surface area contributed by atoms with E-state index < -0.39 is 0 Å². The molecule has 4 nitrogen and oxygen atoms in total. The Hall–Kier alpha value is -2.59. The number of H-pyrrole nitrogens is 1. The molecular weight excluding hydrogens is 302 g/mol. The van der Waals surface area contributed by atoms with Gasteiger partial charge in [0.05, 0.1) is 12.1 Å². The van der Waals surface area contributed by atoms with Crippen LogP contribution >= 0.6 is 0 Å². The number of aromatic amines is 1. The molecule has 0 radical (unpaired) electrons. The summed E-state index contributed by atoms with van der Waals surface area (Å²) < 4.78 is 11.3. The molecule has 2 aromatic carbocycles. The van der Waals surface area contributed by atoms with E-state index in [1.54, 1.807) is 0 Å². The minimum atomic E-state index is -0.133. The summed E-state index contributed by atoms with van der Waals surface area (Å²) in [5.74, 6) is 0.681. The Morgan fingerprint density at radius 2 is 1.83 bits per heavy atom. The quantitative estimate of drug-likeness (QED) is 0.732. The Morgan fingerprint density at radius 1 is 1.08 bits per heavy atom. The van der Waals surface area contributed by atoms with Crippen LogP contribution in [-0.2, 0) is 11.3 Å². The molecule has 4 rings (SSSR count). The highest BCUT2D eigenvalue weighted by molar-refractivity contribution is 5.88. The second-order valence-corrected chi connectivity index (χ2v) is 5.36. The van der Waals surface area contributed by atoms with Crippen molar-refractivity contribution in [1.29, 1.82) is 0 Å². The third-order valence-electron chi connectivity index (χ3n) is 3.81. The average molecular weight is 323 g/mol. The fraction of sp³-hybridized carbons (Fsp3) is 0.250. The molecule has 1 aliphatic rings. The topological polar surface area (TPSA) is 54.6 Å². The molecule has 1 saturated heterocycles. The molecule has 0 bridgehead atoms. The average Bonchev–Trinajstić information content (AvgIpc) is 3.47. The first-order valence-electron chi connectivity index (χ1n) is 8.25. The third kappa shape index (κ3) is 3.49. The van der Waals surface area contributed by atoms with Crippen molar-refractivity contribution in [3.05, 3.63) is 76.1 Å². The third-order valence-corrected chi connectivity index (χ3v) is 3.81. The number of rotatable bonds is 4. The highest BCUT2D eigenvalue weighted by Gasteiger charge is 2.27. The van der Waals surface area contributed by atoms with E-state index in [0.29, 0.717) is 12.4 Å². The van der Waals surface area contributed by atoms with Crippen molar-refractivity contribution in [3.8, 4) is 5.75 Å². The van der Waals surface area contributed by atoms with Crippen LogP contribution in [0.2, 0.25) is 0 Å². The minimum Gasteiger partial charge on any atom is -0.487 e. The zero-order valence-electron chi connectivity index (χ0n) is 13.9. The zero-order chi connectivity index (χ0) is 16.9. The molecule has 0 spiro atoms. The van der Waals surface area contributed by atoms with Crippen LogP contribution in [0.3, 0.4) is 0 Å². The summed E-state index contributed by atoms with van der Waals surface area (Å²) in [4.78, 5) is 14.5. The van der Waals surface area contributed by atoms with Gasteiger partial charge >= 0.3 is 0 Å². The molecule has 0 amide bonds. The molecule has 3 aromatic rings. The fourth-order valence-electron chi connectivity index (χ4n) is 2.61. The van der Waals surface area contributed by atoms with Gasteiger partial charge in [0.1, 0.15) is 18.5 Å². The Morgan fingerprint density at radius 3 is 2.54 bits per heavy atom. The summed E-state index contributed by atoms with van der Waals surface area (Å²) in [6.07, 6.45) is 0.136. The van der Waals surface area contributed by atoms with E-state index in [1.165, 1.54) is 6.07 Å². The van der Waals surface area contributed by atoms with Crippen LogP contribution in [0.4, 0.5) is 0 Å². The number of hydrogen-bond donors (Lipinski definition) is 1. The van der Waals surface area contributed by atoms with Gasteiger partial charge in [0.15, 0.2) is 0 Å². The van der Waals surface area contributed by atoms with E-state index >= 15 is 0 Å². The number of epoxide rings is 1. The van der Waals surface area contributed by atoms with Gasteiger partial charge in [-0.25, -0.2) is 0 Å². The lowest BCUT2D eigenvalue weighted by Crippen LogP contribution is -2.05. The molecule has 1 atom stereocenters. The summed E-state index contributed by atoms with van der Waals surface area (Å²) in [5, 5.41) is 0.979. The molecule has 1 aliphatic heterocycles. The zero-order valence-corrected chi connectivity index (χ0v) is 13.9. The van der Waals surface area contributed by atoms with Crippen LogP contribution < -0.4 is 10.3 Å². The van der Waals surface area contributed by atoms with Gasteiger partial charge in [0, 0.05) is 11.5 Å². The predicted molar refractivity (Wildman–Crippen MR) is 95.4 cm³/mol. The van der Waals surface area contributed by atoms with Gasteiger partial charge in [-0.1, -0.05) is 50.2 Å². The molecule has 2 heterocycles. The maximum atomic E-state index is 11.7. The van der Waals surface area contributed by atoms with Gasteiger partial charge in [-0.05, 0) is 23.3 Å². The highest BCUT2D eigenvalue weighted by atomic mass is 16.6. The monoisotopic (exact) mass is 323 g/mol. The largest absolute Gasteiger partial charge is 0.487 e. The number of pyridine rings is 1. The first-order chi connectivity index (χ1) is 11.8. The molecule has 24 heavy (non-hydrogen) atoms. The van der Waals surface area contributed by atoms with Crippen molar-refractivity contribution < 1.29 is 9.47 Å². The number of hydrogen-bond acceptors (Lipinski definition) is 3. The lowest BCUT2D eigenvalue weighted by molar-refractivity contribution is 0.309. The van der Waals surface area contributed by atoms with Crippen molar-refractivity contribution in [1.82, 2.24) is 4.98 Å². The summed E-state index contributed by atoms with van der Waals surface area (Å²) in [7, 11) is 0. The van der Waals surface area contributed by atoms with Crippen LogP contribution in [0.25, 0.3) is 10.9 Å². The lowest BCUT2D eigenvalue weighted by atomic mass is 10.1. The summed E-state index contributed by atoms with van der Waals surface area (Å²) in [6, 6.07) is 17.2. The number of benzene rings is 2. The molecule has 1 aromatic heterocycles. The first-order valence-corrected chi connectivity index (χ1v) is 8.25. The number of nitrogens with one attached hydrogen (secondary N) is 1. The fourth-order valence-corrected chi connectivity index (χ4v) is 2.61. The van der Waals surface area contributed by atoms with Crippen LogP contribution in [0.15, 0.2) is 59.4 Å². The summed E-state index contributed by atoms with van der Waals surface area (Å²) >= 11 is 0. The van der Waals surface area contributed by atoms with Gasteiger partial charge < -0.3 is 14.5 Å². The van der Waals surface area contributed by atoms with Crippen LogP contribution in [0, 0.1) is 0 Å². The summed E-state index contributed by atoms with van der Waals surface area (Å²) in [5.41, 5.74) is 2.78. The maximum absolute atomic E-state index is 11.7. The molecule has 124 valence electrons. The molecule has 4 heteroatoms. The SMILES string of the molecule is CC.O=c1ccc2c(C3CO3)ccc(OCc3ccccc3)c2[nH]1. The molecule has 0 saturated carbocycles. The highest BCUT2D eigenvalue weighted by Crippen LogP contribution is 2.37. The van der Waals surface area contributed by atoms with E-state index in [-0.39, 0.29) is 11.7 Å². The van der Waals surface area contributed by atoms with E-state index in [0.717, 1.165) is 28.6 Å². The van der Waals surface area contributed by atoms with E-state index in [2.05, 4.69) is 4.98 Å². The number of aromatic nitrogens is 1. The normalized spacial score (nSPS) is 15.5.